The monoisotopic (exact) mass is 414 g/mol. The number of unbranched alkanes of at least 4 members (excludes halogenated alkanes) is 2. The summed E-state index contributed by atoms with van der Waals surface area (Å²) in [6.07, 6.45) is 10.6. The van der Waals surface area contributed by atoms with Crippen LogP contribution >= 0.6 is 0 Å². The molecule has 0 aliphatic heterocycles. The minimum Gasteiger partial charge on any atom is -0.426 e. The number of halogens is 2. The molecular weight excluding hydrogens is 382 g/mol. The summed E-state index contributed by atoms with van der Waals surface area (Å²) >= 11 is 0. The van der Waals surface area contributed by atoms with Gasteiger partial charge in [0.1, 0.15) is 5.75 Å². The maximum atomic E-state index is 13.3. The van der Waals surface area contributed by atoms with E-state index in [0.717, 1.165) is 48.8 Å². The maximum absolute atomic E-state index is 13.3. The quantitative estimate of drug-likeness (QED) is 0.250. The van der Waals surface area contributed by atoms with Gasteiger partial charge in [0.15, 0.2) is 11.6 Å². The second-order valence-corrected chi connectivity index (χ2v) is 8.53. The van der Waals surface area contributed by atoms with E-state index in [1.807, 2.05) is 24.3 Å². The fourth-order valence-corrected chi connectivity index (χ4v) is 4.28. The highest BCUT2D eigenvalue weighted by molar-refractivity contribution is 5.75. The van der Waals surface area contributed by atoms with Gasteiger partial charge in [0.25, 0.3) is 0 Å². The molecule has 0 radical (unpaired) electrons. The van der Waals surface area contributed by atoms with Gasteiger partial charge in [0.2, 0.25) is 0 Å². The van der Waals surface area contributed by atoms with Gasteiger partial charge in [0.05, 0.1) is 5.92 Å². The number of rotatable bonds is 9. The van der Waals surface area contributed by atoms with Crippen LogP contribution in [-0.2, 0) is 17.6 Å². The van der Waals surface area contributed by atoms with Crippen LogP contribution in [0.5, 0.6) is 5.75 Å². The third-order valence-corrected chi connectivity index (χ3v) is 6.22. The molecule has 1 fully saturated rings. The van der Waals surface area contributed by atoms with Gasteiger partial charge in [-0.25, -0.2) is 8.78 Å². The smallest absolute Gasteiger partial charge is 0.314 e. The van der Waals surface area contributed by atoms with Crippen molar-refractivity contribution in [3.05, 3.63) is 65.2 Å². The van der Waals surface area contributed by atoms with Crippen LogP contribution in [0.4, 0.5) is 8.78 Å². The van der Waals surface area contributed by atoms with E-state index in [9.17, 15) is 13.6 Å². The highest BCUT2D eigenvalue weighted by Gasteiger charge is 2.27. The Morgan fingerprint density at radius 3 is 2.23 bits per heavy atom. The van der Waals surface area contributed by atoms with Crippen molar-refractivity contribution < 1.29 is 18.3 Å². The van der Waals surface area contributed by atoms with Crippen LogP contribution in [0, 0.1) is 23.5 Å². The molecule has 30 heavy (non-hydrogen) atoms. The van der Waals surface area contributed by atoms with Gasteiger partial charge < -0.3 is 4.74 Å². The van der Waals surface area contributed by atoms with Crippen molar-refractivity contribution in [2.24, 2.45) is 11.8 Å². The Bertz CT molecular complexity index is 808. The van der Waals surface area contributed by atoms with Crippen LogP contribution < -0.4 is 4.74 Å². The third-order valence-electron chi connectivity index (χ3n) is 6.22. The molecule has 2 nitrogen and oxygen atoms in total. The van der Waals surface area contributed by atoms with E-state index in [4.69, 9.17) is 4.74 Å². The summed E-state index contributed by atoms with van der Waals surface area (Å²) in [6, 6.07) is 11.5. The summed E-state index contributed by atoms with van der Waals surface area (Å²) in [7, 11) is 0. The first-order valence-electron chi connectivity index (χ1n) is 11.3. The zero-order valence-electron chi connectivity index (χ0n) is 17.8. The van der Waals surface area contributed by atoms with E-state index < -0.39 is 11.6 Å². The van der Waals surface area contributed by atoms with E-state index in [1.54, 1.807) is 6.07 Å². The molecule has 1 aliphatic rings. The first-order valence-corrected chi connectivity index (χ1v) is 11.3. The SMILES string of the molecule is CCCCCC1CCC(C(=O)Oc2ccc(CCc3ccc(F)c(F)c3)cc2)CC1. The molecule has 0 N–H and O–H groups in total. The molecule has 4 heteroatoms. The molecular formula is C26H32F2O2. The van der Waals surface area contributed by atoms with Gasteiger partial charge in [-0.3, -0.25) is 4.79 Å². The number of carbonyl (C=O) groups excluding carboxylic acids is 1. The van der Waals surface area contributed by atoms with Crippen LogP contribution in [0.2, 0.25) is 0 Å². The number of benzene rings is 2. The minimum absolute atomic E-state index is 0.0143. The van der Waals surface area contributed by atoms with E-state index in [0.29, 0.717) is 18.6 Å². The summed E-state index contributed by atoms with van der Waals surface area (Å²) in [6.45, 7) is 2.23. The first-order chi connectivity index (χ1) is 14.5. The van der Waals surface area contributed by atoms with Crippen molar-refractivity contribution in [2.45, 2.75) is 71.1 Å². The third kappa shape index (κ3) is 6.65. The Hall–Kier alpha value is -2.23. The van der Waals surface area contributed by atoms with Gasteiger partial charge >= 0.3 is 5.97 Å². The predicted octanol–water partition coefficient (Wildman–Crippen LogP) is 7.04. The molecule has 0 unspecified atom stereocenters. The lowest BCUT2D eigenvalue weighted by Gasteiger charge is -2.27. The molecule has 1 aliphatic carbocycles. The molecule has 2 aromatic carbocycles. The minimum atomic E-state index is -0.824. The largest absolute Gasteiger partial charge is 0.426 e. The standard InChI is InChI=1S/C26H32F2O2/c1-2-3-4-5-19-8-13-22(14-9-19)26(29)30-23-15-10-20(11-16-23)6-7-21-12-17-24(27)25(28)18-21/h10-12,15-19,22H,2-9,13-14H2,1H3. The predicted molar refractivity (Wildman–Crippen MR) is 115 cm³/mol. The summed E-state index contributed by atoms with van der Waals surface area (Å²) in [5, 5.41) is 0. The Morgan fingerprint density at radius 2 is 1.57 bits per heavy atom. The van der Waals surface area contributed by atoms with Gasteiger partial charge in [-0.15, -0.1) is 0 Å². The Labute approximate surface area is 178 Å². The fraction of sp³-hybridized carbons (Fsp3) is 0.500. The molecule has 0 heterocycles. The summed E-state index contributed by atoms with van der Waals surface area (Å²) in [4.78, 5) is 12.5. The second kappa shape index (κ2) is 11.2. The average molecular weight is 415 g/mol. The number of aryl methyl sites for hydroxylation is 2. The number of hydrogen-bond donors (Lipinski definition) is 0. The van der Waals surface area contributed by atoms with Gasteiger partial charge in [-0.05, 0) is 79.8 Å². The molecule has 0 aromatic heterocycles. The number of esters is 1. The van der Waals surface area contributed by atoms with Crippen molar-refractivity contribution in [3.63, 3.8) is 0 Å². The maximum Gasteiger partial charge on any atom is 0.314 e. The molecule has 2 aromatic rings. The van der Waals surface area contributed by atoms with Crippen molar-refractivity contribution in [2.75, 3.05) is 0 Å². The molecule has 0 amide bonds. The molecule has 0 saturated heterocycles. The Kier molecular flexibility index (Phi) is 8.41. The lowest BCUT2D eigenvalue weighted by atomic mass is 9.80. The lowest BCUT2D eigenvalue weighted by Crippen LogP contribution is -2.25. The highest BCUT2D eigenvalue weighted by Crippen LogP contribution is 2.33. The fourth-order valence-electron chi connectivity index (χ4n) is 4.28. The van der Waals surface area contributed by atoms with Crippen LogP contribution in [0.3, 0.4) is 0 Å². The average Bonchev–Trinajstić information content (AvgIpc) is 2.76. The van der Waals surface area contributed by atoms with Crippen molar-refractivity contribution in [3.8, 4) is 5.75 Å². The van der Waals surface area contributed by atoms with Crippen LogP contribution in [-0.4, -0.2) is 5.97 Å². The van der Waals surface area contributed by atoms with Gasteiger partial charge in [-0.2, -0.15) is 0 Å². The topological polar surface area (TPSA) is 26.3 Å². The van der Waals surface area contributed by atoms with Gasteiger partial charge in [-0.1, -0.05) is 50.8 Å². The van der Waals surface area contributed by atoms with E-state index in [2.05, 4.69) is 6.92 Å². The van der Waals surface area contributed by atoms with E-state index >= 15 is 0 Å². The summed E-state index contributed by atoms with van der Waals surface area (Å²) in [5.74, 6) is -0.396. The van der Waals surface area contributed by atoms with Crippen molar-refractivity contribution in [1.29, 1.82) is 0 Å². The second-order valence-electron chi connectivity index (χ2n) is 8.53. The van der Waals surface area contributed by atoms with Crippen molar-refractivity contribution in [1.82, 2.24) is 0 Å². The number of ether oxygens (including phenoxy) is 1. The summed E-state index contributed by atoms with van der Waals surface area (Å²) < 4.78 is 31.9. The van der Waals surface area contributed by atoms with Crippen LogP contribution in [0.15, 0.2) is 42.5 Å². The van der Waals surface area contributed by atoms with E-state index in [-0.39, 0.29) is 11.9 Å². The zero-order valence-corrected chi connectivity index (χ0v) is 17.8. The first kappa shape index (κ1) is 22.5. The molecule has 0 bridgehead atoms. The van der Waals surface area contributed by atoms with Crippen LogP contribution in [0.1, 0.15) is 69.4 Å². The van der Waals surface area contributed by atoms with E-state index in [1.165, 1.54) is 31.7 Å². The summed E-state index contributed by atoms with van der Waals surface area (Å²) in [5.41, 5.74) is 1.82. The van der Waals surface area contributed by atoms with Crippen LogP contribution in [0.25, 0.3) is 0 Å². The molecule has 3 rings (SSSR count). The molecule has 0 spiro atoms. The zero-order chi connectivity index (χ0) is 21.3. The Balaban J connectivity index is 1.42. The number of carbonyl (C=O) groups is 1. The number of hydrogen-bond acceptors (Lipinski definition) is 2. The van der Waals surface area contributed by atoms with Crippen molar-refractivity contribution >= 4 is 5.97 Å². The molecule has 162 valence electrons. The molecule has 0 atom stereocenters. The lowest BCUT2D eigenvalue weighted by molar-refractivity contribution is -0.140. The normalized spacial score (nSPS) is 18.9. The molecule has 1 saturated carbocycles. The Morgan fingerprint density at radius 1 is 0.900 bits per heavy atom. The highest BCUT2D eigenvalue weighted by atomic mass is 19.2. The van der Waals surface area contributed by atoms with Gasteiger partial charge in [0, 0.05) is 0 Å².